The van der Waals surface area contributed by atoms with Gasteiger partial charge in [0.1, 0.15) is 0 Å². The van der Waals surface area contributed by atoms with Crippen LogP contribution in [0.4, 0.5) is 0 Å². The first-order valence-corrected chi connectivity index (χ1v) is 9.87. The standard InChI is InChI=1S/C17H32N2S/c1-12(2)15-10-18-17(3,13-8-9-13)11-19(15)14-6-5-7-16(14)20-4/h12-16,18H,5-11H2,1-4H3. The number of hydrogen-bond donors (Lipinski definition) is 1. The molecule has 4 atom stereocenters. The highest BCUT2D eigenvalue weighted by Gasteiger charge is 2.49. The maximum absolute atomic E-state index is 3.93. The lowest BCUT2D eigenvalue weighted by Crippen LogP contribution is -2.67. The minimum absolute atomic E-state index is 0.386. The highest BCUT2D eigenvalue weighted by atomic mass is 32.2. The van der Waals surface area contributed by atoms with Crippen molar-refractivity contribution in [2.24, 2.45) is 11.8 Å². The predicted molar refractivity (Wildman–Crippen MR) is 89.4 cm³/mol. The van der Waals surface area contributed by atoms with Gasteiger partial charge in [0.05, 0.1) is 0 Å². The molecule has 3 fully saturated rings. The van der Waals surface area contributed by atoms with Gasteiger partial charge in [-0.3, -0.25) is 4.90 Å². The molecule has 1 N–H and O–H groups in total. The largest absolute Gasteiger partial charge is 0.308 e. The van der Waals surface area contributed by atoms with Gasteiger partial charge in [0, 0.05) is 36.0 Å². The molecule has 0 amide bonds. The van der Waals surface area contributed by atoms with Crippen LogP contribution in [0.1, 0.15) is 52.9 Å². The number of piperazine rings is 1. The summed E-state index contributed by atoms with van der Waals surface area (Å²) in [6.45, 7) is 9.77. The van der Waals surface area contributed by atoms with Crippen LogP contribution in [0, 0.1) is 11.8 Å². The fourth-order valence-electron chi connectivity index (χ4n) is 4.54. The Bertz CT molecular complexity index is 342. The molecule has 4 unspecified atom stereocenters. The summed E-state index contributed by atoms with van der Waals surface area (Å²) in [6.07, 6.45) is 9.50. The molecule has 1 saturated heterocycles. The van der Waals surface area contributed by atoms with Gasteiger partial charge < -0.3 is 5.32 Å². The summed E-state index contributed by atoms with van der Waals surface area (Å²) >= 11 is 2.11. The number of hydrogen-bond acceptors (Lipinski definition) is 3. The molecule has 0 bridgehead atoms. The summed E-state index contributed by atoms with van der Waals surface area (Å²) in [4.78, 5) is 2.92. The van der Waals surface area contributed by atoms with E-state index < -0.39 is 0 Å². The van der Waals surface area contributed by atoms with Crippen LogP contribution in [0.25, 0.3) is 0 Å². The van der Waals surface area contributed by atoms with E-state index in [1.807, 2.05) is 0 Å². The minimum Gasteiger partial charge on any atom is -0.308 e. The molecule has 3 aliphatic rings. The fourth-order valence-corrected chi connectivity index (χ4v) is 5.55. The lowest BCUT2D eigenvalue weighted by molar-refractivity contribution is 0.0217. The van der Waals surface area contributed by atoms with Gasteiger partial charge in [-0.15, -0.1) is 0 Å². The van der Waals surface area contributed by atoms with E-state index in [4.69, 9.17) is 0 Å². The Balaban J connectivity index is 1.78. The number of thioether (sulfide) groups is 1. The first-order chi connectivity index (χ1) is 9.55. The monoisotopic (exact) mass is 296 g/mol. The van der Waals surface area contributed by atoms with Crippen molar-refractivity contribution in [3.63, 3.8) is 0 Å². The van der Waals surface area contributed by atoms with Crippen molar-refractivity contribution in [2.45, 2.75) is 75.7 Å². The molecule has 0 aromatic heterocycles. The average molecular weight is 297 g/mol. The molecule has 0 spiro atoms. The van der Waals surface area contributed by atoms with Crippen LogP contribution < -0.4 is 5.32 Å². The zero-order valence-corrected chi connectivity index (χ0v) is 14.5. The molecular formula is C17H32N2S. The zero-order valence-electron chi connectivity index (χ0n) is 13.7. The van der Waals surface area contributed by atoms with Crippen LogP contribution >= 0.6 is 11.8 Å². The third-order valence-corrected chi connectivity index (χ3v) is 7.20. The topological polar surface area (TPSA) is 15.3 Å². The van der Waals surface area contributed by atoms with E-state index in [2.05, 4.69) is 49.0 Å². The number of rotatable bonds is 4. The summed E-state index contributed by atoms with van der Waals surface area (Å²) in [5.41, 5.74) is 0.386. The van der Waals surface area contributed by atoms with Crippen molar-refractivity contribution in [3.05, 3.63) is 0 Å². The second-order valence-electron chi connectivity index (χ2n) is 7.83. The lowest BCUT2D eigenvalue weighted by atomic mass is 9.86. The number of nitrogens with zero attached hydrogens (tertiary/aromatic N) is 1. The molecule has 116 valence electrons. The predicted octanol–water partition coefficient (Wildman–Crippen LogP) is 3.37. The normalized spacial score (nSPS) is 43.4. The molecule has 0 radical (unpaired) electrons. The van der Waals surface area contributed by atoms with Gasteiger partial charge in [-0.25, -0.2) is 0 Å². The Morgan fingerprint density at radius 2 is 1.95 bits per heavy atom. The second kappa shape index (κ2) is 5.81. The molecule has 3 heteroatoms. The molecular weight excluding hydrogens is 264 g/mol. The van der Waals surface area contributed by atoms with Crippen LogP contribution in [0.2, 0.25) is 0 Å². The lowest BCUT2D eigenvalue weighted by Gasteiger charge is -2.51. The summed E-state index contributed by atoms with van der Waals surface area (Å²) in [5.74, 6) is 1.70. The van der Waals surface area contributed by atoms with Gasteiger partial charge in [0.25, 0.3) is 0 Å². The Labute approximate surface area is 129 Å². The molecule has 2 aliphatic carbocycles. The third-order valence-electron chi connectivity index (χ3n) is 6.05. The van der Waals surface area contributed by atoms with E-state index >= 15 is 0 Å². The molecule has 1 aliphatic heterocycles. The van der Waals surface area contributed by atoms with Crippen molar-refractivity contribution in [1.82, 2.24) is 10.2 Å². The first-order valence-electron chi connectivity index (χ1n) is 8.58. The van der Waals surface area contributed by atoms with Gasteiger partial charge in [0.15, 0.2) is 0 Å². The van der Waals surface area contributed by atoms with Crippen LogP contribution in [-0.2, 0) is 0 Å². The van der Waals surface area contributed by atoms with Crippen LogP contribution in [-0.4, -0.2) is 47.1 Å². The smallest absolute Gasteiger partial charge is 0.0309 e. The second-order valence-corrected chi connectivity index (χ2v) is 8.91. The van der Waals surface area contributed by atoms with E-state index in [0.29, 0.717) is 5.54 Å². The van der Waals surface area contributed by atoms with Crippen molar-refractivity contribution < 1.29 is 0 Å². The Kier molecular flexibility index (Phi) is 4.41. The number of nitrogens with one attached hydrogen (secondary N) is 1. The van der Waals surface area contributed by atoms with Crippen LogP contribution in [0.5, 0.6) is 0 Å². The van der Waals surface area contributed by atoms with Gasteiger partial charge >= 0.3 is 0 Å². The van der Waals surface area contributed by atoms with Crippen LogP contribution in [0.15, 0.2) is 0 Å². The quantitative estimate of drug-likeness (QED) is 0.856. The van der Waals surface area contributed by atoms with Gasteiger partial charge in [-0.1, -0.05) is 20.3 Å². The Hall–Kier alpha value is 0.270. The summed E-state index contributed by atoms with van der Waals surface area (Å²) < 4.78 is 0. The van der Waals surface area contributed by atoms with E-state index in [1.54, 1.807) is 0 Å². The third kappa shape index (κ3) is 2.78. The average Bonchev–Trinajstić information content (AvgIpc) is 3.17. The fraction of sp³-hybridized carbons (Fsp3) is 1.00. The summed E-state index contributed by atoms with van der Waals surface area (Å²) in [7, 11) is 0. The van der Waals surface area contributed by atoms with Crippen LogP contribution in [0.3, 0.4) is 0 Å². The molecule has 20 heavy (non-hydrogen) atoms. The Morgan fingerprint density at radius 3 is 2.55 bits per heavy atom. The maximum atomic E-state index is 3.93. The van der Waals surface area contributed by atoms with Crippen molar-refractivity contribution in [3.8, 4) is 0 Å². The highest BCUT2D eigenvalue weighted by molar-refractivity contribution is 7.99. The van der Waals surface area contributed by atoms with E-state index in [-0.39, 0.29) is 0 Å². The summed E-state index contributed by atoms with van der Waals surface area (Å²) in [6, 6.07) is 1.57. The molecule has 2 nitrogen and oxygen atoms in total. The maximum Gasteiger partial charge on any atom is 0.0309 e. The van der Waals surface area contributed by atoms with E-state index in [1.165, 1.54) is 45.2 Å². The first kappa shape index (κ1) is 15.2. The zero-order chi connectivity index (χ0) is 14.3. The minimum atomic E-state index is 0.386. The molecule has 3 rings (SSSR count). The van der Waals surface area contributed by atoms with E-state index in [0.717, 1.165) is 29.2 Å². The van der Waals surface area contributed by atoms with E-state index in [9.17, 15) is 0 Å². The van der Waals surface area contributed by atoms with Gasteiger partial charge in [0.2, 0.25) is 0 Å². The highest BCUT2D eigenvalue weighted by Crippen LogP contribution is 2.44. The molecule has 1 heterocycles. The van der Waals surface area contributed by atoms with Gasteiger partial charge in [-0.05, 0) is 50.7 Å². The SMILES string of the molecule is CSC1CCCC1N1CC(C)(C2CC2)NCC1C(C)C. The van der Waals surface area contributed by atoms with Gasteiger partial charge in [-0.2, -0.15) is 11.8 Å². The molecule has 0 aromatic carbocycles. The molecule has 0 aromatic rings. The Morgan fingerprint density at radius 1 is 1.20 bits per heavy atom. The van der Waals surface area contributed by atoms with Crippen molar-refractivity contribution >= 4 is 11.8 Å². The van der Waals surface area contributed by atoms with Crippen molar-refractivity contribution in [2.75, 3.05) is 19.3 Å². The summed E-state index contributed by atoms with van der Waals surface area (Å²) in [5, 5.41) is 4.80. The van der Waals surface area contributed by atoms with Crippen molar-refractivity contribution in [1.29, 1.82) is 0 Å². The molecule has 2 saturated carbocycles.